The van der Waals surface area contributed by atoms with Crippen LogP contribution in [-0.4, -0.2) is 6.54 Å². The van der Waals surface area contributed by atoms with E-state index in [-0.39, 0.29) is 0 Å². The second-order valence-corrected chi connectivity index (χ2v) is 6.46. The fraction of sp³-hybridized carbons (Fsp3) is 0.647. The van der Waals surface area contributed by atoms with Gasteiger partial charge in [-0.15, -0.1) is 0 Å². The van der Waals surface area contributed by atoms with Gasteiger partial charge in [-0.2, -0.15) is 13.2 Å². The molecule has 0 aromatic heterocycles. The number of nitrogens with one attached hydrogen (secondary N) is 1. The minimum atomic E-state index is -4.30. The van der Waals surface area contributed by atoms with Gasteiger partial charge in [0.2, 0.25) is 0 Å². The lowest BCUT2D eigenvalue weighted by Gasteiger charge is -2.38. The van der Waals surface area contributed by atoms with Gasteiger partial charge in [0.05, 0.1) is 5.56 Å². The van der Waals surface area contributed by atoms with Gasteiger partial charge in [0.1, 0.15) is 0 Å². The second-order valence-electron chi connectivity index (χ2n) is 6.46. The third-order valence-electron chi connectivity index (χ3n) is 4.25. The molecule has 1 fully saturated rings. The van der Waals surface area contributed by atoms with Crippen LogP contribution in [0.5, 0.6) is 0 Å². The lowest BCUT2D eigenvalue weighted by atomic mass is 9.77. The summed E-state index contributed by atoms with van der Waals surface area (Å²) in [7, 11) is 0. The van der Waals surface area contributed by atoms with E-state index in [1.54, 1.807) is 12.1 Å². The molecule has 1 N–H and O–H groups in total. The maximum absolute atomic E-state index is 13.4. The van der Waals surface area contributed by atoms with E-state index in [0.29, 0.717) is 11.5 Å². The highest BCUT2D eigenvalue weighted by Crippen LogP contribution is 2.42. The van der Waals surface area contributed by atoms with Gasteiger partial charge >= 0.3 is 6.18 Å². The highest BCUT2D eigenvalue weighted by atomic mass is 19.4. The third-order valence-corrected chi connectivity index (χ3v) is 4.25. The molecule has 0 amide bonds. The van der Waals surface area contributed by atoms with Gasteiger partial charge in [-0.3, -0.25) is 0 Å². The van der Waals surface area contributed by atoms with E-state index in [1.165, 1.54) is 12.1 Å². The number of benzene rings is 1. The first-order valence-corrected chi connectivity index (χ1v) is 7.77. The highest BCUT2D eigenvalue weighted by Gasteiger charge is 2.41. The molecule has 1 saturated heterocycles. The van der Waals surface area contributed by atoms with Crippen molar-refractivity contribution in [3.05, 3.63) is 35.4 Å². The second kappa shape index (κ2) is 6.39. The van der Waals surface area contributed by atoms with Crippen LogP contribution < -0.4 is 5.32 Å². The number of alkyl halides is 3. The first-order valence-electron chi connectivity index (χ1n) is 7.77. The van der Waals surface area contributed by atoms with Crippen LogP contribution in [0.1, 0.15) is 57.1 Å². The molecule has 0 radical (unpaired) electrons. The molecular weight excluding hydrogens is 275 g/mol. The molecule has 0 bridgehead atoms. The summed E-state index contributed by atoms with van der Waals surface area (Å²) in [6.07, 6.45) is 0.313. The number of halogens is 3. The molecule has 0 aliphatic carbocycles. The molecular formula is C17H24F3N. The lowest BCUT2D eigenvalue weighted by Crippen LogP contribution is -2.44. The van der Waals surface area contributed by atoms with Gasteiger partial charge in [-0.25, -0.2) is 0 Å². The molecule has 1 aliphatic rings. The molecule has 1 nitrogen and oxygen atoms in total. The SMILES string of the molecule is CC(C)CC1(c2ccccc2C(F)(F)F)CCCCCN1. The smallest absolute Gasteiger partial charge is 0.307 e. The third kappa shape index (κ3) is 3.79. The van der Waals surface area contributed by atoms with Crippen LogP contribution in [-0.2, 0) is 11.7 Å². The Bertz CT molecular complexity index is 457. The zero-order chi connectivity index (χ0) is 15.5. The summed E-state index contributed by atoms with van der Waals surface area (Å²) in [6, 6.07) is 6.07. The average molecular weight is 299 g/mol. The van der Waals surface area contributed by atoms with Crippen molar-refractivity contribution in [3.63, 3.8) is 0 Å². The van der Waals surface area contributed by atoms with Crippen LogP contribution in [0.4, 0.5) is 13.2 Å². The molecule has 1 aliphatic heterocycles. The molecule has 1 unspecified atom stereocenters. The Morgan fingerprint density at radius 1 is 1.14 bits per heavy atom. The van der Waals surface area contributed by atoms with Gasteiger partial charge in [-0.1, -0.05) is 44.9 Å². The van der Waals surface area contributed by atoms with Crippen molar-refractivity contribution in [1.29, 1.82) is 0 Å². The summed E-state index contributed by atoms with van der Waals surface area (Å²) >= 11 is 0. The molecule has 0 saturated carbocycles. The Morgan fingerprint density at radius 3 is 2.52 bits per heavy atom. The fourth-order valence-electron chi connectivity index (χ4n) is 3.50. The maximum atomic E-state index is 13.4. The van der Waals surface area contributed by atoms with Gasteiger partial charge < -0.3 is 5.32 Å². The Kier molecular flexibility index (Phi) is 4.97. The minimum absolute atomic E-state index is 0.344. The Labute approximate surface area is 124 Å². The van der Waals surface area contributed by atoms with E-state index >= 15 is 0 Å². The molecule has 1 heterocycles. The van der Waals surface area contributed by atoms with Crippen molar-refractivity contribution in [2.24, 2.45) is 5.92 Å². The molecule has 4 heteroatoms. The molecule has 118 valence electrons. The van der Waals surface area contributed by atoms with Crippen molar-refractivity contribution in [2.45, 2.75) is 57.7 Å². The van der Waals surface area contributed by atoms with Crippen molar-refractivity contribution < 1.29 is 13.2 Å². The summed E-state index contributed by atoms with van der Waals surface area (Å²) in [5, 5.41) is 3.46. The summed E-state index contributed by atoms with van der Waals surface area (Å²) < 4.78 is 40.2. The monoisotopic (exact) mass is 299 g/mol. The normalized spacial score (nSPS) is 24.1. The Hall–Kier alpha value is -1.03. The average Bonchev–Trinajstić information content (AvgIpc) is 2.63. The summed E-state index contributed by atoms with van der Waals surface area (Å²) in [5.74, 6) is 0.344. The van der Waals surface area contributed by atoms with E-state index in [2.05, 4.69) is 19.2 Å². The van der Waals surface area contributed by atoms with Crippen molar-refractivity contribution in [1.82, 2.24) is 5.32 Å². The maximum Gasteiger partial charge on any atom is 0.416 e. The molecule has 0 spiro atoms. The number of hydrogen-bond donors (Lipinski definition) is 1. The number of hydrogen-bond acceptors (Lipinski definition) is 1. The van der Waals surface area contributed by atoms with Gasteiger partial charge in [0, 0.05) is 5.54 Å². The first kappa shape index (κ1) is 16.3. The Balaban J connectivity index is 2.50. The highest BCUT2D eigenvalue weighted by molar-refractivity contribution is 5.36. The first-order chi connectivity index (χ1) is 9.85. The zero-order valence-corrected chi connectivity index (χ0v) is 12.8. The van der Waals surface area contributed by atoms with Crippen molar-refractivity contribution in [3.8, 4) is 0 Å². The van der Waals surface area contributed by atoms with Crippen LogP contribution >= 0.6 is 0 Å². The molecule has 2 rings (SSSR count). The quantitative estimate of drug-likeness (QED) is 0.817. The van der Waals surface area contributed by atoms with E-state index < -0.39 is 17.3 Å². The predicted octanol–water partition coefficient (Wildman–Crippen LogP) is 5.11. The van der Waals surface area contributed by atoms with Gasteiger partial charge in [-0.05, 0) is 43.4 Å². The standard InChI is InChI=1S/C17H24F3N/c1-13(2)12-16(10-6-3-7-11-21-16)14-8-4-5-9-15(14)17(18,19)20/h4-5,8-9,13,21H,3,6-7,10-12H2,1-2H3. The van der Waals surface area contributed by atoms with E-state index in [9.17, 15) is 13.2 Å². The van der Waals surface area contributed by atoms with Crippen LogP contribution in [0.15, 0.2) is 24.3 Å². The molecule has 21 heavy (non-hydrogen) atoms. The number of rotatable bonds is 3. The van der Waals surface area contributed by atoms with Crippen LogP contribution in [0.25, 0.3) is 0 Å². The van der Waals surface area contributed by atoms with Crippen LogP contribution in [0, 0.1) is 5.92 Å². The van der Waals surface area contributed by atoms with Crippen LogP contribution in [0.3, 0.4) is 0 Å². The van der Waals surface area contributed by atoms with Crippen molar-refractivity contribution in [2.75, 3.05) is 6.54 Å². The molecule has 1 aromatic carbocycles. The zero-order valence-electron chi connectivity index (χ0n) is 12.8. The van der Waals surface area contributed by atoms with Gasteiger partial charge in [0.25, 0.3) is 0 Å². The Morgan fingerprint density at radius 2 is 1.86 bits per heavy atom. The summed E-state index contributed by atoms with van der Waals surface area (Å²) in [6.45, 7) is 4.94. The molecule has 1 aromatic rings. The topological polar surface area (TPSA) is 12.0 Å². The van der Waals surface area contributed by atoms with Crippen LogP contribution in [0.2, 0.25) is 0 Å². The predicted molar refractivity (Wildman–Crippen MR) is 79.0 cm³/mol. The largest absolute Gasteiger partial charge is 0.416 e. The lowest BCUT2D eigenvalue weighted by molar-refractivity contribution is -0.139. The minimum Gasteiger partial charge on any atom is -0.307 e. The van der Waals surface area contributed by atoms with Crippen molar-refractivity contribution >= 4 is 0 Å². The van der Waals surface area contributed by atoms with E-state index in [1.807, 2.05) is 0 Å². The summed E-state index contributed by atoms with van der Waals surface area (Å²) in [5.41, 5.74) is -0.607. The fourth-order valence-corrected chi connectivity index (χ4v) is 3.50. The van der Waals surface area contributed by atoms with E-state index in [4.69, 9.17) is 0 Å². The summed E-state index contributed by atoms with van der Waals surface area (Å²) in [4.78, 5) is 0. The molecule has 1 atom stereocenters. The van der Waals surface area contributed by atoms with Gasteiger partial charge in [0.15, 0.2) is 0 Å². The van der Waals surface area contributed by atoms with E-state index in [0.717, 1.165) is 38.6 Å².